The topological polar surface area (TPSA) is 67.4 Å². The summed E-state index contributed by atoms with van der Waals surface area (Å²) in [7, 11) is 0. The summed E-state index contributed by atoms with van der Waals surface area (Å²) in [6.45, 7) is 1.43. The van der Waals surface area contributed by atoms with Crippen LogP contribution in [0.1, 0.15) is 42.9 Å². The highest BCUT2D eigenvalue weighted by Gasteiger charge is 2.22. The van der Waals surface area contributed by atoms with Gasteiger partial charge in [-0.1, -0.05) is 66.2 Å². The molecule has 5 nitrogen and oxygen atoms in total. The van der Waals surface area contributed by atoms with E-state index in [4.69, 9.17) is 16.3 Å². The zero-order valence-electron chi connectivity index (χ0n) is 17.6. The van der Waals surface area contributed by atoms with Crippen LogP contribution in [0, 0.1) is 5.92 Å². The molecule has 0 radical (unpaired) electrons. The number of hydrogen-bond acceptors (Lipinski definition) is 3. The molecule has 0 bridgehead atoms. The Morgan fingerprint density at radius 1 is 1.10 bits per heavy atom. The van der Waals surface area contributed by atoms with E-state index >= 15 is 0 Å². The van der Waals surface area contributed by atoms with Crippen molar-refractivity contribution in [3.63, 3.8) is 0 Å². The van der Waals surface area contributed by atoms with E-state index in [-0.39, 0.29) is 24.3 Å². The Kier molecular flexibility index (Phi) is 9.13. The van der Waals surface area contributed by atoms with E-state index in [1.165, 1.54) is 0 Å². The smallest absolute Gasteiger partial charge is 0.224 e. The number of carbonyl (C=O) groups excluding carboxylic acids is 2. The molecule has 0 fully saturated rings. The molecule has 31 heavy (non-hydrogen) atoms. The number of ether oxygens (including phenoxy) is 1. The lowest BCUT2D eigenvalue weighted by atomic mass is 9.98. The van der Waals surface area contributed by atoms with Gasteiger partial charge in [-0.2, -0.15) is 0 Å². The number of nitrogens with one attached hydrogen (secondary N) is 2. The molecule has 1 aliphatic rings. The van der Waals surface area contributed by atoms with Gasteiger partial charge in [0.1, 0.15) is 0 Å². The van der Waals surface area contributed by atoms with Gasteiger partial charge in [0.05, 0.1) is 12.0 Å². The minimum atomic E-state index is -0.419. The molecule has 1 aliphatic heterocycles. The van der Waals surface area contributed by atoms with Crippen molar-refractivity contribution in [3.05, 3.63) is 82.9 Å². The van der Waals surface area contributed by atoms with Crippen LogP contribution < -0.4 is 10.6 Å². The van der Waals surface area contributed by atoms with Crippen molar-refractivity contribution in [3.8, 4) is 0 Å². The van der Waals surface area contributed by atoms with Crippen LogP contribution in [0.15, 0.2) is 66.7 Å². The van der Waals surface area contributed by atoms with Crippen LogP contribution in [0.25, 0.3) is 0 Å². The van der Waals surface area contributed by atoms with Gasteiger partial charge in [-0.15, -0.1) is 0 Å². The summed E-state index contributed by atoms with van der Waals surface area (Å²) in [5.74, 6) is -0.694. The zero-order valence-corrected chi connectivity index (χ0v) is 18.3. The van der Waals surface area contributed by atoms with Gasteiger partial charge < -0.3 is 15.4 Å². The fourth-order valence-electron chi connectivity index (χ4n) is 3.47. The first-order valence-electron chi connectivity index (χ1n) is 10.7. The highest BCUT2D eigenvalue weighted by Crippen LogP contribution is 2.19. The van der Waals surface area contributed by atoms with Crippen molar-refractivity contribution < 1.29 is 14.3 Å². The summed E-state index contributed by atoms with van der Waals surface area (Å²) in [6, 6.07) is 17.2. The maximum absolute atomic E-state index is 12.9. The lowest BCUT2D eigenvalue weighted by Gasteiger charge is -2.22. The zero-order chi connectivity index (χ0) is 21.9. The molecule has 0 saturated heterocycles. The number of carbonyl (C=O) groups is 2. The van der Waals surface area contributed by atoms with Crippen LogP contribution in [0.2, 0.25) is 5.02 Å². The van der Waals surface area contributed by atoms with Crippen LogP contribution >= 0.6 is 11.6 Å². The van der Waals surface area contributed by atoms with Crippen molar-refractivity contribution in [2.75, 3.05) is 13.2 Å². The molecule has 0 aromatic heterocycles. The van der Waals surface area contributed by atoms with Crippen LogP contribution in [0.3, 0.4) is 0 Å². The standard InChI is InChI=1S/C25H29ClN2O3/c26-22-13-11-19(12-14-22)17-27-24(29)16-21-10-4-1-2-7-15-31-23(18-28-25(21)30)20-8-5-3-6-9-20/h1,3-6,8-9,11-14,21,23H,2,7,10,15-18H2,(H,27,29)(H,28,30)/b4-1+/t21-,23-/m0/s1. The Labute approximate surface area is 188 Å². The molecule has 2 aromatic carbocycles. The van der Waals surface area contributed by atoms with Crippen molar-refractivity contribution in [1.82, 2.24) is 10.6 Å². The van der Waals surface area contributed by atoms with Crippen LogP contribution in [-0.2, 0) is 20.9 Å². The maximum Gasteiger partial charge on any atom is 0.224 e. The first-order chi connectivity index (χ1) is 15.1. The fraction of sp³-hybridized carbons (Fsp3) is 0.360. The van der Waals surface area contributed by atoms with Crippen molar-refractivity contribution in [2.45, 2.75) is 38.3 Å². The predicted molar refractivity (Wildman–Crippen MR) is 123 cm³/mol. The Morgan fingerprint density at radius 2 is 1.87 bits per heavy atom. The molecule has 3 rings (SSSR count). The molecule has 2 atom stereocenters. The third kappa shape index (κ3) is 7.85. The summed E-state index contributed by atoms with van der Waals surface area (Å²) in [4.78, 5) is 25.4. The van der Waals surface area contributed by atoms with E-state index < -0.39 is 5.92 Å². The van der Waals surface area contributed by atoms with Gasteiger partial charge in [-0.05, 0) is 42.5 Å². The van der Waals surface area contributed by atoms with Gasteiger partial charge >= 0.3 is 0 Å². The predicted octanol–water partition coefficient (Wildman–Crippen LogP) is 4.58. The molecule has 0 aliphatic carbocycles. The number of hydrogen-bond donors (Lipinski definition) is 2. The van der Waals surface area contributed by atoms with Gasteiger partial charge in [-0.3, -0.25) is 9.59 Å². The summed E-state index contributed by atoms with van der Waals surface area (Å²) in [5.41, 5.74) is 2.00. The fourth-order valence-corrected chi connectivity index (χ4v) is 3.59. The van der Waals surface area contributed by atoms with Gasteiger partial charge in [0.2, 0.25) is 11.8 Å². The van der Waals surface area contributed by atoms with E-state index in [1.807, 2.05) is 48.5 Å². The van der Waals surface area contributed by atoms with Crippen molar-refractivity contribution >= 4 is 23.4 Å². The van der Waals surface area contributed by atoms with Gasteiger partial charge in [0, 0.05) is 31.1 Å². The van der Waals surface area contributed by atoms with Gasteiger partial charge in [0.25, 0.3) is 0 Å². The largest absolute Gasteiger partial charge is 0.372 e. The molecule has 1 heterocycles. The Bertz CT molecular complexity index is 868. The summed E-state index contributed by atoms with van der Waals surface area (Å²) >= 11 is 5.90. The number of rotatable bonds is 5. The van der Waals surface area contributed by atoms with E-state index in [0.717, 1.165) is 24.0 Å². The highest BCUT2D eigenvalue weighted by atomic mass is 35.5. The van der Waals surface area contributed by atoms with Crippen LogP contribution in [0.5, 0.6) is 0 Å². The number of benzene rings is 2. The summed E-state index contributed by atoms with van der Waals surface area (Å²) in [5, 5.41) is 6.55. The minimum absolute atomic E-state index is 0.128. The second-order valence-corrected chi connectivity index (χ2v) is 8.11. The van der Waals surface area contributed by atoms with Gasteiger partial charge in [0.15, 0.2) is 0 Å². The summed E-state index contributed by atoms with van der Waals surface area (Å²) in [6.07, 6.45) is 6.34. The molecule has 2 aromatic rings. The molecular formula is C25H29ClN2O3. The maximum atomic E-state index is 12.9. The second kappa shape index (κ2) is 12.3. The first-order valence-corrected chi connectivity index (χ1v) is 11.1. The van der Waals surface area contributed by atoms with Crippen LogP contribution in [-0.4, -0.2) is 25.0 Å². The van der Waals surface area contributed by atoms with E-state index in [0.29, 0.717) is 31.1 Å². The molecular weight excluding hydrogens is 412 g/mol. The minimum Gasteiger partial charge on any atom is -0.372 e. The summed E-state index contributed by atoms with van der Waals surface area (Å²) < 4.78 is 6.02. The molecule has 0 unspecified atom stereocenters. The van der Waals surface area contributed by atoms with E-state index in [9.17, 15) is 9.59 Å². The normalized spacial score (nSPS) is 21.3. The molecule has 164 valence electrons. The van der Waals surface area contributed by atoms with Gasteiger partial charge in [-0.25, -0.2) is 0 Å². The lowest BCUT2D eigenvalue weighted by molar-refractivity contribution is -0.130. The number of amides is 2. The Balaban J connectivity index is 1.59. The quantitative estimate of drug-likeness (QED) is 0.669. The Hall–Kier alpha value is -2.63. The molecule has 0 saturated carbocycles. The molecule has 2 amide bonds. The van der Waals surface area contributed by atoms with E-state index in [1.54, 1.807) is 12.1 Å². The van der Waals surface area contributed by atoms with Crippen LogP contribution in [0.4, 0.5) is 0 Å². The second-order valence-electron chi connectivity index (χ2n) is 7.67. The number of allylic oxidation sites excluding steroid dienone is 2. The average molecular weight is 441 g/mol. The lowest BCUT2D eigenvalue weighted by Crippen LogP contribution is -2.37. The molecule has 0 spiro atoms. The van der Waals surface area contributed by atoms with Crippen molar-refractivity contribution in [2.24, 2.45) is 5.92 Å². The van der Waals surface area contributed by atoms with Crippen molar-refractivity contribution in [1.29, 1.82) is 0 Å². The Morgan fingerprint density at radius 3 is 2.65 bits per heavy atom. The number of halogens is 1. The third-order valence-electron chi connectivity index (χ3n) is 5.26. The average Bonchev–Trinajstić information content (AvgIpc) is 2.78. The molecule has 6 heteroatoms. The first kappa shape index (κ1) is 23.0. The highest BCUT2D eigenvalue weighted by molar-refractivity contribution is 6.30. The molecule has 2 N–H and O–H groups in total. The monoisotopic (exact) mass is 440 g/mol. The van der Waals surface area contributed by atoms with E-state index in [2.05, 4.69) is 16.7 Å². The SMILES string of the molecule is O=C(C[C@@H]1C/C=C/CCCO[C@H](c2ccccc2)CNC1=O)NCc1ccc(Cl)cc1. The third-order valence-corrected chi connectivity index (χ3v) is 5.51.